The van der Waals surface area contributed by atoms with E-state index in [1.807, 2.05) is 13.8 Å². The molecule has 0 saturated heterocycles. The number of carbonyl (C=O) groups is 1. The summed E-state index contributed by atoms with van der Waals surface area (Å²) in [4.78, 5) is 17.1. The molecule has 1 fully saturated rings. The van der Waals surface area contributed by atoms with Crippen molar-refractivity contribution in [2.24, 2.45) is 0 Å². The Balaban J connectivity index is 1.74. The van der Waals surface area contributed by atoms with E-state index in [0.29, 0.717) is 6.04 Å². The Bertz CT molecular complexity index is 768. The quantitative estimate of drug-likeness (QED) is 0.773. The second kappa shape index (κ2) is 7.60. The number of benzene rings is 1. The fourth-order valence-electron chi connectivity index (χ4n) is 3.28. The van der Waals surface area contributed by atoms with E-state index in [9.17, 15) is 9.18 Å². The molecule has 1 aliphatic carbocycles. The maximum Gasteiger partial charge on any atom is 0.237 e. The number of rotatable bonds is 5. The molecule has 0 spiro atoms. The van der Waals surface area contributed by atoms with Gasteiger partial charge in [-0.25, -0.2) is 9.37 Å². The summed E-state index contributed by atoms with van der Waals surface area (Å²) in [7, 11) is 0. The molecule has 1 aliphatic rings. The van der Waals surface area contributed by atoms with Gasteiger partial charge < -0.3 is 9.88 Å². The van der Waals surface area contributed by atoms with Crippen molar-refractivity contribution in [2.75, 3.05) is 5.32 Å². The first kappa shape index (κ1) is 18.0. The molecule has 1 aromatic heterocycles. The van der Waals surface area contributed by atoms with Crippen molar-refractivity contribution in [3.8, 4) is 0 Å². The lowest BCUT2D eigenvalue weighted by Crippen LogP contribution is -2.23. The van der Waals surface area contributed by atoms with Gasteiger partial charge in [0.25, 0.3) is 0 Å². The van der Waals surface area contributed by atoms with Crippen LogP contribution in [0.5, 0.6) is 0 Å². The van der Waals surface area contributed by atoms with Gasteiger partial charge in [0.15, 0.2) is 5.16 Å². The van der Waals surface area contributed by atoms with Crippen LogP contribution in [-0.2, 0) is 4.79 Å². The number of aromatic nitrogens is 2. The highest BCUT2D eigenvalue weighted by molar-refractivity contribution is 8.00. The molecule has 1 unspecified atom stereocenters. The van der Waals surface area contributed by atoms with Gasteiger partial charge >= 0.3 is 0 Å². The fourth-order valence-corrected chi connectivity index (χ4v) is 4.35. The summed E-state index contributed by atoms with van der Waals surface area (Å²) in [5.41, 5.74) is 2.40. The van der Waals surface area contributed by atoms with E-state index in [1.54, 1.807) is 18.2 Å². The van der Waals surface area contributed by atoms with Crippen molar-refractivity contribution in [2.45, 2.75) is 62.9 Å². The van der Waals surface area contributed by atoms with Gasteiger partial charge in [-0.2, -0.15) is 0 Å². The molecule has 1 amide bonds. The molecule has 0 aliphatic heterocycles. The number of hydrogen-bond acceptors (Lipinski definition) is 3. The maximum absolute atomic E-state index is 13.7. The van der Waals surface area contributed by atoms with Crippen molar-refractivity contribution in [3.05, 3.63) is 41.5 Å². The topological polar surface area (TPSA) is 46.9 Å². The van der Waals surface area contributed by atoms with Crippen LogP contribution in [0, 0.1) is 19.7 Å². The van der Waals surface area contributed by atoms with Gasteiger partial charge in [-0.15, -0.1) is 0 Å². The van der Waals surface area contributed by atoms with Crippen LogP contribution in [0.15, 0.2) is 29.4 Å². The summed E-state index contributed by atoms with van der Waals surface area (Å²) in [6.07, 6.45) is 4.82. The summed E-state index contributed by atoms with van der Waals surface area (Å²) in [6, 6.07) is 6.69. The molecule has 25 heavy (non-hydrogen) atoms. The van der Waals surface area contributed by atoms with Crippen molar-refractivity contribution >= 4 is 23.4 Å². The van der Waals surface area contributed by atoms with Gasteiger partial charge in [-0.3, -0.25) is 4.79 Å². The molecule has 6 heteroatoms. The largest absolute Gasteiger partial charge is 0.323 e. The second-order valence-electron chi connectivity index (χ2n) is 6.60. The lowest BCUT2D eigenvalue weighted by Gasteiger charge is -2.18. The predicted octanol–water partition coefficient (Wildman–Crippen LogP) is 4.87. The summed E-state index contributed by atoms with van der Waals surface area (Å²) < 4.78 is 16.0. The van der Waals surface area contributed by atoms with E-state index in [4.69, 9.17) is 0 Å². The minimum Gasteiger partial charge on any atom is -0.323 e. The first-order valence-corrected chi connectivity index (χ1v) is 9.63. The first-order chi connectivity index (χ1) is 12.0. The fraction of sp³-hybridized carbons (Fsp3) is 0.474. The number of thioether (sulfide) groups is 1. The molecular formula is C19H24FN3OS. The van der Waals surface area contributed by atoms with Crippen LogP contribution in [-0.4, -0.2) is 20.7 Å². The number of amides is 1. The Morgan fingerprint density at radius 1 is 1.32 bits per heavy atom. The molecule has 1 heterocycles. The summed E-state index contributed by atoms with van der Waals surface area (Å²) in [6.45, 7) is 5.93. The Morgan fingerprint density at radius 2 is 2.00 bits per heavy atom. The molecule has 1 saturated carbocycles. The molecule has 2 aromatic rings. The average molecular weight is 361 g/mol. The van der Waals surface area contributed by atoms with Gasteiger partial charge in [0, 0.05) is 11.7 Å². The molecule has 4 nitrogen and oxygen atoms in total. The van der Waals surface area contributed by atoms with Crippen molar-refractivity contribution in [1.82, 2.24) is 9.55 Å². The van der Waals surface area contributed by atoms with Crippen molar-refractivity contribution in [3.63, 3.8) is 0 Å². The van der Waals surface area contributed by atoms with Crippen LogP contribution in [0.2, 0.25) is 0 Å². The van der Waals surface area contributed by atoms with Crippen LogP contribution < -0.4 is 5.32 Å². The summed E-state index contributed by atoms with van der Waals surface area (Å²) in [5.74, 6) is -0.640. The molecule has 0 radical (unpaired) electrons. The monoisotopic (exact) mass is 361 g/mol. The van der Waals surface area contributed by atoms with E-state index in [1.165, 1.54) is 49.2 Å². The Labute approximate surface area is 152 Å². The number of para-hydroxylation sites is 1. The third-order valence-electron chi connectivity index (χ3n) is 4.83. The van der Waals surface area contributed by atoms with E-state index in [-0.39, 0.29) is 16.8 Å². The molecule has 1 atom stereocenters. The highest BCUT2D eigenvalue weighted by Gasteiger charge is 2.26. The minimum absolute atomic E-state index is 0.214. The second-order valence-corrected chi connectivity index (χ2v) is 7.91. The van der Waals surface area contributed by atoms with Gasteiger partial charge in [0.1, 0.15) is 5.82 Å². The van der Waals surface area contributed by atoms with Crippen LogP contribution in [0.25, 0.3) is 0 Å². The number of aryl methyl sites for hydroxylation is 1. The smallest absolute Gasteiger partial charge is 0.237 e. The van der Waals surface area contributed by atoms with Crippen molar-refractivity contribution in [1.29, 1.82) is 0 Å². The van der Waals surface area contributed by atoms with Crippen LogP contribution in [0.1, 0.15) is 50.0 Å². The SMILES string of the molecule is Cc1nc(SC(C)C(=O)Nc2ccccc2F)n(C2CCCC2)c1C. The molecule has 1 N–H and O–H groups in total. The lowest BCUT2D eigenvalue weighted by atomic mass is 10.2. The molecule has 0 bridgehead atoms. The standard InChI is InChI=1S/C19H24FN3OS/c1-12-13(2)23(15-8-4-5-9-15)19(21-12)25-14(3)18(24)22-17-11-7-6-10-16(17)20/h6-7,10-11,14-15H,4-5,8-9H2,1-3H3,(H,22,24). The number of nitrogens with one attached hydrogen (secondary N) is 1. The van der Waals surface area contributed by atoms with E-state index in [2.05, 4.69) is 21.8 Å². The average Bonchev–Trinajstić information content (AvgIpc) is 3.18. The Hall–Kier alpha value is -1.82. The molecule has 134 valence electrons. The summed E-state index contributed by atoms with van der Waals surface area (Å²) in [5, 5.41) is 3.20. The van der Waals surface area contributed by atoms with Gasteiger partial charge in [-0.1, -0.05) is 36.7 Å². The zero-order valence-electron chi connectivity index (χ0n) is 14.9. The van der Waals surface area contributed by atoms with E-state index < -0.39 is 5.82 Å². The normalized spacial score (nSPS) is 16.2. The van der Waals surface area contributed by atoms with Crippen molar-refractivity contribution < 1.29 is 9.18 Å². The zero-order chi connectivity index (χ0) is 18.0. The Kier molecular flexibility index (Phi) is 5.47. The number of carbonyl (C=O) groups excluding carboxylic acids is 1. The van der Waals surface area contributed by atoms with Crippen LogP contribution in [0.3, 0.4) is 0 Å². The van der Waals surface area contributed by atoms with Gasteiger partial charge in [-0.05, 0) is 45.7 Å². The third-order valence-corrected chi connectivity index (χ3v) is 5.89. The van der Waals surface area contributed by atoms with Gasteiger partial charge in [0.2, 0.25) is 5.91 Å². The Morgan fingerprint density at radius 3 is 2.68 bits per heavy atom. The molecule has 3 rings (SSSR count). The highest BCUT2D eigenvalue weighted by Crippen LogP contribution is 2.36. The number of halogens is 1. The lowest BCUT2D eigenvalue weighted by molar-refractivity contribution is -0.115. The number of hydrogen-bond donors (Lipinski definition) is 1. The zero-order valence-corrected chi connectivity index (χ0v) is 15.7. The molecular weight excluding hydrogens is 337 g/mol. The van der Waals surface area contributed by atoms with E-state index in [0.717, 1.165) is 10.9 Å². The maximum atomic E-state index is 13.7. The van der Waals surface area contributed by atoms with Crippen LogP contribution in [0.4, 0.5) is 10.1 Å². The van der Waals surface area contributed by atoms with Gasteiger partial charge in [0.05, 0.1) is 16.6 Å². The summed E-state index contributed by atoms with van der Waals surface area (Å²) >= 11 is 1.44. The highest BCUT2D eigenvalue weighted by atomic mass is 32.2. The van der Waals surface area contributed by atoms with E-state index >= 15 is 0 Å². The number of nitrogens with zero attached hydrogens (tertiary/aromatic N) is 2. The number of imidazole rings is 1. The molecule has 1 aromatic carbocycles. The number of anilines is 1. The van der Waals surface area contributed by atoms with Crippen LogP contribution >= 0.6 is 11.8 Å². The minimum atomic E-state index is -0.424. The first-order valence-electron chi connectivity index (χ1n) is 8.75. The third kappa shape index (κ3) is 3.89. The predicted molar refractivity (Wildman–Crippen MR) is 99.6 cm³/mol.